The van der Waals surface area contributed by atoms with Crippen molar-refractivity contribution in [3.05, 3.63) is 64.6 Å². The number of ether oxygens (including phenoxy) is 1. The summed E-state index contributed by atoms with van der Waals surface area (Å²) in [7, 11) is 0. The number of nitrogens with one attached hydrogen (secondary N) is 1. The second-order valence-electron chi connectivity index (χ2n) is 6.88. The molecule has 0 unspecified atom stereocenters. The highest BCUT2D eigenvalue weighted by Crippen LogP contribution is 2.27. The highest BCUT2D eigenvalue weighted by molar-refractivity contribution is 5.94. The molecule has 9 nitrogen and oxygen atoms in total. The zero-order valence-corrected chi connectivity index (χ0v) is 16.1. The fraction of sp³-hybridized carbons (Fsp3) is 0.350. The van der Waals surface area contributed by atoms with E-state index in [-0.39, 0.29) is 23.5 Å². The third-order valence-corrected chi connectivity index (χ3v) is 5.01. The van der Waals surface area contributed by atoms with Crippen LogP contribution in [0.4, 0.5) is 0 Å². The van der Waals surface area contributed by atoms with Crippen LogP contribution in [0.3, 0.4) is 0 Å². The molecule has 0 saturated carbocycles. The minimum atomic E-state index is -0.209. The van der Waals surface area contributed by atoms with Crippen LogP contribution in [0.1, 0.15) is 41.9 Å². The topological polar surface area (TPSA) is 106 Å². The summed E-state index contributed by atoms with van der Waals surface area (Å²) in [6, 6.07) is 8.92. The van der Waals surface area contributed by atoms with Crippen molar-refractivity contribution in [3.8, 4) is 11.8 Å². The lowest BCUT2D eigenvalue weighted by Gasteiger charge is -2.32. The Bertz CT molecular complexity index is 1050. The van der Waals surface area contributed by atoms with Crippen LogP contribution in [0, 0.1) is 0 Å². The van der Waals surface area contributed by atoms with Gasteiger partial charge in [-0.05, 0) is 44.0 Å². The molecule has 1 aromatic carbocycles. The first kappa shape index (κ1) is 18.9. The monoisotopic (exact) mass is 394 g/mol. The average Bonchev–Trinajstić information content (AvgIpc) is 3.14. The molecule has 4 rings (SSSR count). The van der Waals surface area contributed by atoms with Crippen molar-refractivity contribution in [1.29, 1.82) is 0 Å². The second-order valence-corrected chi connectivity index (χ2v) is 6.88. The molecule has 0 spiro atoms. The van der Waals surface area contributed by atoms with Crippen molar-refractivity contribution in [1.82, 2.24) is 29.6 Å². The molecule has 0 radical (unpaired) electrons. The summed E-state index contributed by atoms with van der Waals surface area (Å²) >= 11 is 0. The first-order chi connectivity index (χ1) is 14.2. The predicted molar refractivity (Wildman–Crippen MR) is 105 cm³/mol. The number of piperidine rings is 1. The Balaban J connectivity index is 1.50. The van der Waals surface area contributed by atoms with Gasteiger partial charge in [0.2, 0.25) is 0 Å². The van der Waals surface area contributed by atoms with E-state index in [9.17, 15) is 9.59 Å². The minimum Gasteiger partial charge on any atom is -0.424 e. The van der Waals surface area contributed by atoms with Gasteiger partial charge in [0, 0.05) is 43.5 Å². The highest BCUT2D eigenvalue weighted by Gasteiger charge is 2.29. The maximum Gasteiger partial charge on any atom is 0.343 e. The molecule has 1 aliphatic rings. The molecule has 3 heterocycles. The lowest BCUT2D eigenvalue weighted by atomic mass is 9.96. The molecule has 0 bridgehead atoms. The number of rotatable bonds is 5. The van der Waals surface area contributed by atoms with Gasteiger partial charge in [-0.25, -0.2) is 19.9 Å². The number of hydrogen-bond acceptors (Lipinski definition) is 6. The minimum absolute atomic E-state index is 0.0313. The maximum absolute atomic E-state index is 13.1. The molecule has 29 heavy (non-hydrogen) atoms. The van der Waals surface area contributed by atoms with E-state index in [0.717, 1.165) is 12.8 Å². The van der Waals surface area contributed by atoms with E-state index in [1.54, 1.807) is 47.3 Å². The smallest absolute Gasteiger partial charge is 0.343 e. The van der Waals surface area contributed by atoms with Crippen LogP contribution in [0.15, 0.2) is 47.5 Å². The summed E-state index contributed by atoms with van der Waals surface area (Å²) in [5.41, 5.74) is 0.327. The van der Waals surface area contributed by atoms with Crippen LogP contribution in [0.5, 0.6) is 11.8 Å². The molecular formula is C20H22N6O3. The van der Waals surface area contributed by atoms with E-state index in [4.69, 9.17) is 4.74 Å². The Labute approximate surface area is 167 Å². The molecule has 1 saturated heterocycles. The van der Waals surface area contributed by atoms with Crippen LogP contribution in [-0.2, 0) is 6.54 Å². The van der Waals surface area contributed by atoms with Gasteiger partial charge in [-0.2, -0.15) is 5.10 Å². The number of hydrogen-bond donors (Lipinski definition) is 1. The fourth-order valence-electron chi connectivity index (χ4n) is 3.64. The Hall–Kier alpha value is -3.49. The summed E-state index contributed by atoms with van der Waals surface area (Å²) in [4.78, 5) is 34.8. The number of likely N-dealkylation sites (tertiary alicyclic amines) is 1. The molecule has 2 aromatic heterocycles. The van der Waals surface area contributed by atoms with Gasteiger partial charge in [0.25, 0.3) is 5.91 Å². The lowest BCUT2D eigenvalue weighted by Crippen LogP contribution is -2.40. The lowest BCUT2D eigenvalue weighted by molar-refractivity contribution is 0.0703. The van der Waals surface area contributed by atoms with Crippen LogP contribution < -0.4 is 10.4 Å². The Morgan fingerprint density at radius 1 is 1.28 bits per heavy atom. The Morgan fingerprint density at radius 3 is 2.90 bits per heavy atom. The Morgan fingerprint density at radius 2 is 2.10 bits per heavy atom. The van der Waals surface area contributed by atoms with Gasteiger partial charge in [0.05, 0.1) is 0 Å². The van der Waals surface area contributed by atoms with E-state index < -0.39 is 0 Å². The van der Waals surface area contributed by atoms with Crippen LogP contribution >= 0.6 is 0 Å². The summed E-state index contributed by atoms with van der Waals surface area (Å²) in [6.45, 7) is 3.66. The van der Waals surface area contributed by atoms with Crippen molar-refractivity contribution < 1.29 is 9.53 Å². The van der Waals surface area contributed by atoms with Crippen molar-refractivity contribution in [2.45, 2.75) is 32.2 Å². The zero-order valence-electron chi connectivity index (χ0n) is 16.1. The number of nitrogens with zero attached hydrogens (tertiary/aromatic N) is 5. The van der Waals surface area contributed by atoms with Crippen LogP contribution in [0.25, 0.3) is 0 Å². The first-order valence-electron chi connectivity index (χ1n) is 9.65. The highest BCUT2D eigenvalue weighted by atomic mass is 16.5. The van der Waals surface area contributed by atoms with Crippen LogP contribution in [0.2, 0.25) is 0 Å². The summed E-state index contributed by atoms with van der Waals surface area (Å²) in [6.07, 6.45) is 4.93. The van der Waals surface area contributed by atoms with Gasteiger partial charge < -0.3 is 9.64 Å². The summed E-state index contributed by atoms with van der Waals surface area (Å²) in [5.74, 6) is 1.18. The maximum atomic E-state index is 13.1. The average molecular weight is 394 g/mol. The van der Waals surface area contributed by atoms with Crippen molar-refractivity contribution >= 4 is 5.91 Å². The number of aromatic nitrogens is 5. The predicted octanol–water partition coefficient (Wildman–Crippen LogP) is 2.19. The third kappa shape index (κ3) is 4.03. The number of benzene rings is 1. The van der Waals surface area contributed by atoms with Gasteiger partial charge in [-0.15, -0.1) is 0 Å². The van der Waals surface area contributed by atoms with E-state index in [0.29, 0.717) is 36.8 Å². The fourth-order valence-corrected chi connectivity index (χ4v) is 3.64. The molecule has 0 aliphatic carbocycles. The SMILES string of the molecule is CCn1c([C@H]2CCCN(C(=O)c3cccc(Oc4ncccn4)c3)C2)n[nH]c1=O. The number of carbonyl (C=O) groups excluding carboxylic acids is 1. The van der Waals surface area contributed by atoms with Gasteiger partial charge >= 0.3 is 11.7 Å². The van der Waals surface area contributed by atoms with Crippen molar-refractivity contribution in [3.63, 3.8) is 0 Å². The normalized spacial score (nSPS) is 16.6. The standard InChI is InChI=1S/C20H22N6O3/c1-2-26-17(23-24-20(26)28)15-7-4-11-25(13-15)18(27)14-6-3-8-16(12-14)29-19-21-9-5-10-22-19/h3,5-6,8-10,12,15H,2,4,7,11,13H2,1H3,(H,24,28)/t15-/m0/s1. The van der Waals surface area contributed by atoms with E-state index >= 15 is 0 Å². The van der Waals surface area contributed by atoms with Crippen molar-refractivity contribution in [2.24, 2.45) is 0 Å². The largest absolute Gasteiger partial charge is 0.424 e. The second kappa shape index (κ2) is 8.26. The Kier molecular flexibility index (Phi) is 5.37. The number of H-pyrrole nitrogens is 1. The molecule has 3 aromatic rings. The van der Waals surface area contributed by atoms with Gasteiger partial charge in [-0.1, -0.05) is 6.07 Å². The van der Waals surface area contributed by atoms with Gasteiger partial charge in [0.15, 0.2) is 0 Å². The summed E-state index contributed by atoms with van der Waals surface area (Å²) in [5, 5.41) is 6.71. The van der Waals surface area contributed by atoms with E-state index in [1.807, 2.05) is 11.8 Å². The van der Waals surface area contributed by atoms with Gasteiger partial charge in [-0.3, -0.25) is 9.36 Å². The number of aromatic amines is 1. The molecule has 1 fully saturated rings. The molecular weight excluding hydrogens is 372 g/mol. The molecule has 1 aliphatic heterocycles. The van der Waals surface area contributed by atoms with Gasteiger partial charge in [0.1, 0.15) is 11.6 Å². The molecule has 150 valence electrons. The molecule has 1 N–H and O–H groups in total. The first-order valence-corrected chi connectivity index (χ1v) is 9.65. The zero-order chi connectivity index (χ0) is 20.2. The van der Waals surface area contributed by atoms with E-state index in [2.05, 4.69) is 20.2 Å². The number of carbonyl (C=O) groups is 1. The molecule has 9 heteroatoms. The van der Waals surface area contributed by atoms with Crippen molar-refractivity contribution in [2.75, 3.05) is 13.1 Å². The van der Waals surface area contributed by atoms with E-state index in [1.165, 1.54) is 0 Å². The van der Waals surface area contributed by atoms with Crippen LogP contribution in [-0.4, -0.2) is 48.6 Å². The quantitative estimate of drug-likeness (QED) is 0.711. The molecule has 1 atom stereocenters. The molecule has 1 amide bonds. The number of amides is 1. The third-order valence-electron chi connectivity index (χ3n) is 5.01. The summed E-state index contributed by atoms with van der Waals surface area (Å²) < 4.78 is 7.27.